The van der Waals surface area contributed by atoms with Crippen molar-refractivity contribution in [3.8, 4) is 11.5 Å². The number of ether oxygens (including phenoxy) is 1. The molecule has 0 bridgehead atoms. The van der Waals surface area contributed by atoms with Crippen molar-refractivity contribution in [2.24, 2.45) is 0 Å². The molecule has 4 heteroatoms. The number of hydrogen-bond acceptors (Lipinski definition) is 3. The van der Waals surface area contributed by atoms with Crippen molar-refractivity contribution in [2.75, 3.05) is 13.1 Å². The highest BCUT2D eigenvalue weighted by atomic mass is 16.6. The molecule has 0 aliphatic rings. The minimum Gasteiger partial charge on any atom is -0.504 e. The molecule has 0 saturated heterocycles. The van der Waals surface area contributed by atoms with Gasteiger partial charge in [-0.25, -0.2) is 4.79 Å². The minimum atomic E-state index is -0.437. The molecule has 0 spiro atoms. The highest BCUT2D eigenvalue weighted by Crippen LogP contribution is 2.29. The number of rotatable bonds is 3. The van der Waals surface area contributed by atoms with Gasteiger partial charge in [0.05, 0.1) is 0 Å². The van der Waals surface area contributed by atoms with E-state index in [4.69, 9.17) is 4.74 Å². The lowest BCUT2D eigenvalue weighted by Crippen LogP contribution is -2.33. The molecule has 0 aromatic heterocycles. The maximum absolute atomic E-state index is 11.7. The lowest BCUT2D eigenvalue weighted by Gasteiger charge is -2.18. The number of phenolic OH excluding ortho intramolecular Hbond substituents is 1. The van der Waals surface area contributed by atoms with Gasteiger partial charge in [-0.1, -0.05) is 0 Å². The summed E-state index contributed by atoms with van der Waals surface area (Å²) in [5, 5.41) is 9.70. The minimum absolute atomic E-state index is 0.00592. The summed E-state index contributed by atoms with van der Waals surface area (Å²) < 4.78 is 5.16. The van der Waals surface area contributed by atoms with Gasteiger partial charge >= 0.3 is 6.09 Å². The Morgan fingerprint density at radius 2 is 1.76 bits per heavy atom. The lowest BCUT2D eigenvalue weighted by atomic mass is 10.1. The fourth-order valence-corrected chi connectivity index (χ4v) is 1.50. The SMILES string of the molecule is CCN(CC)C(=O)Oc1cc(C)c(C)cc1O. The Hall–Kier alpha value is -1.71. The molecule has 0 fully saturated rings. The van der Waals surface area contributed by atoms with Gasteiger partial charge in [0.15, 0.2) is 11.5 Å². The zero-order valence-corrected chi connectivity index (χ0v) is 10.8. The van der Waals surface area contributed by atoms with Gasteiger partial charge in [0, 0.05) is 13.1 Å². The molecule has 1 rings (SSSR count). The Labute approximate surface area is 102 Å². The predicted octanol–water partition coefficient (Wildman–Crippen LogP) is 2.85. The van der Waals surface area contributed by atoms with Crippen LogP contribution in [0, 0.1) is 13.8 Å². The average Bonchev–Trinajstić information content (AvgIpc) is 2.27. The zero-order valence-electron chi connectivity index (χ0n) is 10.8. The van der Waals surface area contributed by atoms with E-state index in [1.165, 1.54) is 0 Å². The van der Waals surface area contributed by atoms with E-state index in [1.54, 1.807) is 17.0 Å². The highest BCUT2D eigenvalue weighted by Gasteiger charge is 2.15. The van der Waals surface area contributed by atoms with Crippen LogP contribution in [-0.4, -0.2) is 29.2 Å². The maximum atomic E-state index is 11.7. The first-order valence-electron chi connectivity index (χ1n) is 5.76. The lowest BCUT2D eigenvalue weighted by molar-refractivity contribution is 0.155. The number of amides is 1. The van der Waals surface area contributed by atoms with Crippen LogP contribution in [0.15, 0.2) is 12.1 Å². The highest BCUT2D eigenvalue weighted by molar-refractivity contribution is 5.71. The van der Waals surface area contributed by atoms with Gasteiger partial charge in [-0.3, -0.25) is 0 Å². The average molecular weight is 237 g/mol. The van der Waals surface area contributed by atoms with E-state index in [9.17, 15) is 9.90 Å². The van der Waals surface area contributed by atoms with Crippen molar-refractivity contribution >= 4 is 6.09 Å². The number of carbonyl (C=O) groups is 1. The van der Waals surface area contributed by atoms with Crippen LogP contribution in [0.25, 0.3) is 0 Å². The second kappa shape index (κ2) is 5.57. The number of carbonyl (C=O) groups excluding carboxylic acids is 1. The van der Waals surface area contributed by atoms with Crippen LogP contribution in [0.4, 0.5) is 4.79 Å². The summed E-state index contributed by atoms with van der Waals surface area (Å²) in [5.74, 6) is 0.207. The molecule has 0 aliphatic carbocycles. The summed E-state index contributed by atoms with van der Waals surface area (Å²) in [7, 11) is 0. The van der Waals surface area contributed by atoms with Gasteiger partial charge in [-0.2, -0.15) is 0 Å². The largest absolute Gasteiger partial charge is 0.504 e. The number of phenols is 1. The summed E-state index contributed by atoms with van der Waals surface area (Å²) in [6.07, 6.45) is -0.437. The van der Waals surface area contributed by atoms with E-state index < -0.39 is 6.09 Å². The first-order chi connectivity index (χ1) is 7.99. The summed E-state index contributed by atoms with van der Waals surface area (Å²) in [6.45, 7) is 8.73. The first-order valence-corrected chi connectivity index (χ1v) is 5.76. The van der Waals surface area contributed by atoms with Crippen molar-refractivity contribution in [2.45, 2.75) is 27.7 Å². The third-order valence-electron chi connectivity index (χ3n) is 2.79. The Balaban J connectivity index is 2.88. The molecular formula is C13H19NO3. The van der Waals surface area contributed by atoms with Crippen molar-refractivity contribution in [3.05, 3.63) is 23.3 Å². The van der Waals surface area contributed by atoms with Gasteiger partial charge in [0.1, 0.15) is 0 Å². The van der Waals surface area contributed by atoms with Gasteiger partial charge in [0.25, 0.3) is 0 Å². The third-order valence-corrected chi connectivity index (χ3v) is 2.79. The van der Waals surface area contributed by atoms with Crippen LogP contribution in [0.2, 0.25) is 0 Å². The van der Waals surface area contributed by atoms with E-state index in [1.807, 2.05) is 27.7 Å². The van der Waals surface area contributed by atoms with Crippen LogP contribution < -0.4 is 4.74 Å². The van der Waals surface area contributed by atoms with Crippen molar-refractivity contribution in [1.82, 2.24) is 4.90 Å². The normalized spacial score (nSPS) is 10.1. The Kier molecular flexibility index (Phi) is 4.37. The van der Waals surface area contributed by atoms with E-state index in [-0.39, 0.29) is 11.5 Å². The zero-order chi connectivity index (χ0) is 13.0. The van der Waals surface area contributed by atoms with Gasteiger partial charge < -0.3 is 14.7 Å². The van der Waals surface area contributed by atoms with Crippen molar-refractivity contribution < 1.29 is 14.6 Å². The van der Waals surface area contributed by atoms with E-state index in [0.717, 1.165) is 11.1 Å². The Morgan fingerprint density at radius 1 is 1.24 bits per heavy atom. The molecule has 0 aliphatic heterocycles. The third kappa shape index (κ3) is 3.12. The van der Waals surface area contributed by atoms with Crippen LogP contribution in [0.5, 0.6) is 11.5 Å². The summed E-state index contributed by atoms with van der Waals surface area (Å²) in [5.41, 5.74) is 1.94. The summed E-state index contributed by atoms with van der Waals surface area (Å²) >= 11 is 0. The van der Waals surface area contributed by atoms with Gasteiger partial charge in [0.2, 0.25) is 0 Å². The number of benzene rings is 1. The van der Waals surface area contributed by atoms with E-state index >= 15 is 0 Å². The van der Waals surface area contributed by atoms with Crippen LogP contribution >= 0.6 is 0 Å². The molecule has 1 aromatic rings. The monoisotopic (exact) mass is 237 g/mol. The second-order valence-electron chi connectivity index (χ2n) is 3.94. The molecule has 0 heterocycles. The molecule has 4 nitrogen and oxygen atoms in total. The molecule has 1 N–H and O–H groups in total. The van der Waals surface area contributed by atoms with E-state index in [2.05, 4.69) is 0 Å². The quantitative estimate of drug-likeness (QED) is 0.879. The fraction of sp³-hybridized carbons (Fsp3) is 0.462. The molecule has 0 unspecified atom stereocenters. The van der Waals surface area contributed by atoms with Crippen molar-refractivity contribution in [1.29, 1.82) is 0 Å². The molecular weight excluding hydrogens is 218 g/mol. The Morgan fingerprint density at radius 3 is 2.29 bits per heavy atom. The fourth-order valence-electron chi connectivity index (χ4n) is 1.50. The molecule has 1 amide bonds. The first kappa shape index (κ1) is 13.4. The molecule has 17 heavy (non-hydrogen) atoms. The number of hydrogen-bond donors (Lipinski definition) is 1. The number of nitrogens with zero attached hydrogens (tertiary/aromatic N) is 1. The smallest absolute Gasteiger partial charge is 0.415 e. The van der Waals surface area contributed by atoms with Crippen LogP contribution in [0.1, 0.15) is 25.0 Å². The number of aryl methyl sites for hydroxylation is 2. The maximum Gasteiger partial charge on any atom is 0.415 e. The van der Waals surface area contributed by atoms with Gasteiger partial charge in [-0.05, 0) is 51.0 Å². The predicted molar refractivity (Wildman–Crippen MR) is 66.5 cm³/mol. The molecule has 0 saturated carbocycles. The summed E-state index contributed by atoms with van der Waals surface area (Å²) in [6, 6.07) is 3.27. The molecule has 0 radical (unpaired) electrons. The summed E-state index contributed by atoms with van der Waals surface area (Å²) in [4.78, 5) is 13.3. The van der Waals surface area contributed by atoms with Crippen molar-refractivity contribution in [3.63, 3.8) is 0 Å². The second-order valence-corrected chi connectivity index (χ2v) is 3.94. The van der Waals surface area contributed by atoms with Crippen LogP contribution in [0.3, 0.4) is 0 Å². The van der Waals surface area contributed by atoms with Gasteiger partial charge in [-0.15, -0.1) is 0 Å². The van der Waals surface area contributed by atoms with Crippen LogP contribution in [-0.2, 0) is 0 Å². The Bertz CT molecular complexity index is 411. The molecule has 94 valence electrons. The molecule has 0 atom stereocenters. The standard InChI is InChI=1S/C13H19NO3/c1-5-14(6-2)13(16)17-12-8-10(4)9(3)7-11(12)15/h7-8,15H,5-6H2,1-4H3. The number of aromatic hydroxyl groups is 1. The molecule has 1 aromatic carbocycles. The topological polar surface area (TPSA) is 49.8 Å². The van der Waals surface area contributed by atoms with E-state index in [0.29, 0.717) is 13.1 Å².